The minimum Gasteiger partial charge on any atom is -0.372 e. The maximum Gasteiger partial charge on any atom is 0.0725 e. The smallest absolute Gasteiger partial charge is 0.0725 e. The predicted octanol–water partition coefficient (Wildman–Crippen LogP) is 3.84. The van der Waals surface area contributed by atoms with E-state index in [0.717, 1.165) is 19.6 Å². The Labute approximate surface area is 127 Å². The van der Waals surface area contributed by atoms with Crippen LogP contribution < -0.4 is 5.32 Å². The molecule has 2 aromatic carbocycles. The van der Waals surface area contributed by atoms with Crippen LogP contribution in [0.5, 0.6) is 0 Å². The lowest BCUT2D eigenvalue weighted by atomic mass is 9.93. The van der Waals surface area contributed by atoms with Gasteiger partial charge in [-0.2, -0.15) is 0 Å². The maximum atomic E-state index is 5.52. The lowest BCUT2D eigenvalue weighted by Crippen LogP contribution is -2.19. The SMILES string of the molecule is CNC(Cc1cc(C)ccc1C)c1ccc2c(c1)COC2. The van der Waals surface area contributed by atoms with Crippen molar-refractivity contribution in [1.82, 2.24) is 5.32 Å². The minimum absolute atomic E-state index is 0.344. The number of nitrogens with one attached hydrogen (secondary N) is 1. The molecule has 1 aliphatic heterocycles. The van der Waals surface area contributed by atoms with Crippen molar-refractivity contribution in [3.8, 4) is 0 Å². The number of hydrogen-bond acceptors (Lipinski definition) is 2. The van der Waals surface area contributed by atoms with Crippen LogP contribution in [0.2, 0.25) is 0 Å². The second kappa shape index (κ2) is 6.00. The fourth-order valence-corrected chi connectivity index (χ4v) is 3.04. The first-order valence-electron chi connectivity index (χ1n) is 7.60. The first kappa shape index (κ1) is 14.3. The van der Waals surface area contributed by atoms with Crippen molar-refractivity contribution in [2.45, 2.75) is 39.5 Å². The van der Waals surface area contributed by atoms with Crippen molar-refractivity contribution in [2.75, 3.05) is 7.05 Å². The van der Waals surface area contributed by atoms with Crippen molar-refractivity contribution in [2.24, 2.45) is 0 Å². The molecule has 1 unspecified atom stereocenters. The molecular weight excluding hydrogens is 258 g/mol. The number of aryl methyl sites for hydroxylation is 2. The Balaban J connectivity index is 1.86. The molecule has 0 aliphatic carbocycles. The molecule has 1 atom stereocenters. The summed E-state index contributed by atoms with van der Waals surface area (Å²) in [6.07, 6.45) is 1.02. The Kier molecular flexibility index (Phi) is 4.09. The number of rotatable bonds is 4. The molecule has 3 rings (SSSR count). The van der Waals surface area contributed by atoms with Gasteiger partial charge in [-0.1, -0.05) is 42.0 Å². The van der Waals surface area contributed by atoms with Crippen LogP contribution in [-0.4, -0.2) is 7.05 Å². The largest absolute Gasteiger partial charge is 0.372 e. The summed E-state index contributed by atoms with van der Waals surface area (Å²) in [7, 11) is 2.04. The van der Waals surface area contributed by atoms with E-state index in [-0.39, 0.29) is 0 Å². The van der Waals surface area contributed by atoms with Crippen LogP contribution in [-0.2, 0) is 24.4 Å². The Bertz CT molecular complexity index is 648. The summed E-state index contributed by atoms with van der Waals surface area (Å²) in [6.45, 7) is 5.86. The average molecular weight is 281 g/mol. The number of likely N-dealkylation sites (N-methyl/N-ethyl adjacent to an activating group) is 1. The van der Waals surface area contributed by atoms with Crippen LogP contribution in [0.1, 0.15) is 39.4 Å². The number of benzene rings is 2. The van der Waals surface area contributed by atoms with Gasteiger partial charge in [-0.25, -0.2) is 0 Å². The van der Waals surface area contributed by atoms with E-state index in [1.54, 1.807) is 0 Å². The molecule has 110 valence electrons. The van der Waals surface area contributed by atoms with Gasteiger partial charge in [-0.3, -0.25) is 0 Å². The van der Waals surface area contributed by atoms with Crippen LogP contribution in [0.4, 0.5) is 0 Å². The summed E-state index contributed by atoms with van der Waals surface area (Å²) in [5.74, 6) is 0. The van der Waals surface area contributed by atoms with Gasteiger partial charge >= 0.3 is 0 Å². The van der Waals surface area contributed by atoms with Crippen LogP contribution in [0.3, 0.4) is 0 Å². The van der Waals surface area contributed by atoms with Gasteiger partial charge in [0.2, 0.25) is 0 Å². The zero-order chi connectivity index (χ0) is 14.8. The Morgan fingerprint density at radius 3 is 2.67 bits per heavy atom. The molecule has 0 bridgehead atoms. The quantitative estimate of drug-likeness (QED) is 0.919. The van der Waals surface area contributed by atoms with Gasteiger partial charge in [0.25, 0.3) is 0 Å². The van der Waals surface area contributed by atoms with E-state index in [1.807, 2.05) is 7.05 Å². The third kappa shape index (κ3) is 3.02. The highest BCUT2D eigenvalue weighted by Gasteiger charge is 2.16. The molecule has 0 fully saturated rings. The van der Waals surface area contributed by atoms with Gasteiger partial charge in [-0.15, -0.1) is 0 Å². The molecule has 1 aliphatic rings. The maximum absolute atomic E-state index is 5.52. The highest BCUT2D eigenvalue weighted by Crippen LogP contribution is 2.26. The molecule has 2 heteroatoms. The van der Waals surface area contributed by atoms with E-state index >= 15 is 0 Å². The van der Waals surface area contributed by atoms with Crippen LogP contribution in [0.25, 0.3) is 0 Å². The highest BCUT2D eigenvalue weighted by atomic mass is 16.5. The predicted molar refractivity (Wildman–Crippen MR) is 86.4 cm³/mol. The lowest BCUT2D eigenvalue weighted by molar-refractivity contribution is 0.134. The molecule has 0 saturated carbocycles. The highest BCUT2D eigenvalue weighted by molar-refractivity contribution is 5.37. The van der Waals surface area contributed by atoms with E-state index < -0.39 is 0 Å². The van der Waals surface area contributed by atoms with Crippen molar-refractivity contribution >= 4 is 0 Å². The number of ether oxygens (including phenoxy) is 1. The van der Waals surface area contributed by atoms with E-state index in [4.69, 9.17) is 4.74 Å². The fraction of sp³-hybridized carbons (Fsp3) is 0.368. The molecule has 0 amide bonds. The zero-order valence-corrected chi connectivity index (χ0v) is 13.1. The molecule has 0 aromatic heterocycles. The van der Waals surface area contributed by atoms with E-state index in [2.05, 4.69) is 55.6 Å². The molecule has 2 nitrogen and oxygen atoms in total. The molecule has 0 spiro atoms. The summed E-state index contributed by atoms with van der Waals surface area (Å²) in [5.41, 5.74) is 8.14. The monoisotopic (exact) mass is 281 g/mol. The molecule has 0 radical (unpaired) electrons. The Hall–Kier alpha value is -1.64. The standard InChI is InChI=1S/C19H23NO/c1-13-4-5-14(2)17(8-13)10-19(20-3)15-6-7-16-11-21-12-18(16)9-15/h4-9,19-20H,10-12H2,1-3H3. The second-order valence-electron chi connectivity index (χ2n) is 6.00. The van der Waals surface area contributed by atoms with E-state index in [0.29, 0.717) is 6.04 Å². The second-order valence-corrected chi connectivity index (χ2v) is 6.00. The topological polar surface area (TPSA) is 21.3 Å². The van der Waals surface area contributed by atoms with Crippen LogP contribution >= 0.6 is 0 Å². The first-order chi connectivity index (χ1) is 10.2. The Morgan fingerprint density at radius 1 is 1.05 bits per heavy atom. The Morgan fingerprint density at radius 2 is 1.86 bits per heavy atom. The van der Waals surface area contributed by atoms with Gasteiger partial charge < -0.3 is 10.1 Å². The van der Waals surface area contributed by atoms with Crippen LogP contribution in [0, 0.1) is 13.8 Å². The van der Waals surface area contributed by atoms with Crippen molar-refractivity contribution in [3.05, 3.63) is 69.8 Å². The molecule has 21 heavy (non-hydrogen) atoms. The van der Waals surface area contributed by atoms with Crippen molar-refractivity contribution < 1.29 is 4.74 Å². The molecular formula is C19H23NO. The lowest BCUT2D eigenvalue weighted by Gasteiger charge is -2.19. The van der Waals surface area contributed by atoms with Crippen LogP contribution in [0.15, 0.2) is 36.4 Å². The normalized spacial score (nSPS) is 15.0. The van der Waals surface area contributed by atoms with E-state index in [9.17, 15) is 0 Å². The van der Waals surface area contributed by atoms with Gasteiger partial charge in [0.1, 0.15) is 0 Å². The molecule has 1 N–H and O–H groups in total. The van der Waals surface area contributed by atoms with Crippen molar-refractivity contribution in [1.29, 1.82) is 0 Å². The number of fused-ring (bicyclic) bond motifs is 1. The summed E-state index contributed by atoms with van der Waals surface area (Å²) < 4.78 is 5.52. The summed E-state index contributed by atoms with van der Waals surface area (Å²) in [6, 6.07) is 13.8. The van der Waals surface area contributed by atoms with Crippen molar-refractivity contribution in [3.63, 3.8) is 0 Å². The first-order valence-corrected chi connectivity index (χ1v) is 7.60. The van der Waals surface area contributed by atoms with Gasteiger partial charge in [0.15, 0.2) is 0 Å². The zero-order valence-electron chi connectivity index (χ0n) is 13.1. The average Bonchev–Trinajstić information content (AvgIpc) is 2.95. The summed E-state index contributed by atoms with van der Waals surface area (Å²) in [5, 5.41) is 3.46. The summed E-state index contributed by atoms with van der Waals surface area (Å²) >= 11 is 0. The summed E-state index contributed by atoms with van der Waals surface area (Å²) in [4.78, 5) is 0. The third-order valence-electron chi connectivity index (χ3n) is 4.42. The molecule has 1 heterocycles. The minimum atomic E-state index is 0.344. The number of hydrogen-bond donors (Lipinski definition) is 1. The molecule has 0 saturated heterocycles. The van der Waals surface area contributed by atoms with Gasteiger partial charge in [0.05, 0.1) is 13.2 Å². The van der Waals surface area contributed by atoms with E-state index in [1.165, 1.54) is 33.4 Å². The van der Waals surface area contributed by atoms with Gasteiger partial charge in [-0.05, 0) is 55.1 Å². The molecule has 2 aromatic rings. The fourth-order valence-electron chi connectivity index (χ4n) is 3.04. The van der Waals surface area contributed by atoms with Gasteiger partial charge in [0, 0.05) is 6.04 Å². The third-order valence-corrected chi connectivity index (χ3v) is 4.42.